The van der Waals surface area contributed by atoms with E-state index in [0.29, 0.717) is 26.8 Å². The average molecular weight is 317 g/mol. The van der Waals surface area contributed by atoms with Crippen LogP contribution in [0.5, 0.6) is 0 Å². The van der Waals surface area contributed by atoms with Crippen molar-refractivity contribution in [1.29, 1.82) is 0 Å². The molecule has 1 aromatic heterocycles. The number of benzene rings is 2. The van der Waals surface area contributed by atoms with Crippen LogP contribution in [0.3, 0.4) is 0 Å². The minimum atomic E-state index is -0.238. The van der Waals surface area contributed by atoms with E-state index in [4.69, 9.17) is 23.2 Å². The average Bonchev–Trinajstić information content (AvgIpc) is 2.50. The van der Waals surface area contributed by atoms with Gasteiger partial charge in [0.2, 0.25) is 0 Å². The molecule has 21 heavy (non-hydrogen) atoms. The van der Waals surface area contributed by atoms with Gasteiger partial charge in [0.15, 0.2) is 0 Å². The van der Waals surface area contributed by atoms with Crippen LogP contribution in [-0.4, -0.2) is 10.9 Å². The molecule has 0 saturated heterocycles. The molecule has 3 nitrogen and oxygen atoms in total. The number of para-hydroxylation sites is 1. The first-order valence-corrected chi connectivity index (χ1v) is 7.01. The maximum absolute atomic E-state index is 12.4. The highest BCUT2D eigenvalue weighted by atomic mass is 35.5. The fourth-order valence-electron chi connectivity index (χ4n) is 2.06. The number of carbonyl (C=O) groups is 1. The van der Waals surface area contributed by atoms with Crippen LogP contribution in [0.2, 0.25) is 10.0 Å². The van der Waals surface area contributed by atoms with Gasteiger partial charge in [-0.1, -0.05) is 41.4 Å². The van der Waals surface area contributed by atoms with Gasteiger partial charge in [-0.15, -0.1) is 0 Å². The number of pyridine rings is 1. The van der Waals surface area contributed by atoms with Gasteiger partial charge in [0.1, 0.15) is 0 Å². The summed E-state index contributed by atoms with van der Waals surface area (Å²) in [6, 6.07) is 14.2. The lowest BCUT2D eigenvalue weighted by Crippen LogP contribution is -2.12. The lowest BCUT2D eigenvalue weighted by atomic mass is 10.1. The minimum Gasteiger partial charge on any atom is -0.322 e. The van der Waals surface area contributed by atoms with Crippen LogP contribution >= 0.6 is 23.2 Å². The summed E-state index contributed by atoms with van der Waals surface area (Å²) < 4.78 is 0. The molecule has 0 radical (unpaired) electrons. The van der Waals surface area contributed by atoms with Gasteiger partial charge in [-0.3, -0.25) is 9.78 Å². The molecule has 3 rings (SSSR count). The molecule has 0 aliphatic carbocycles. The summed E-state index contributed by atoms with van der Waals surface area (Å²) in [5.74, 6) is -0.238. The largest absolute Gasteiger partial charge is 0.322 e. The maximum Gasteiger partial charge on any atom is 0.257 e. The van der Waals surface area contributed by atoms with Crippen molar-refractivity contribution in [1.82, 2.24) is 4.98 Å². The Balaban J connectivity index is 1.95. The lowest BCUT2D eigenvalue weighted by molar-refractivity contribution is 0.102. The molecule has 0 aliphatic rings. The van der Waals surface area contributed by atoms with Crippen molar-refractivity contribution in [2.24, 2.45) is 0 Å². The Bertz CT molecular complexity index is 828. The molecule has 0 fully saturated rings. The molecule has 0 saturated carbocycles. The molecule has 5 heteroatoms. The molecule has 1 amide bonds. The topological polar surface area (TPSA) is 42.0 Å². The highest BCUT2D eigenvalue weighted by Gasteiger charge is 2.11. The van der Waals surface area contributed by atoms with E-state index in [9.17, 15) is 4.79 Å². The van der Waals surface area contributed by atoms with Crippen LogP contribution in [0.15, 0.2) is 54.7 Å². The van der Waals surface area contributed by atoms with Crippen molar-refractivity contribution in [2.45, 2.75) is 0 Å². The first-order chi connectivity index (χ1) is 10.1. The molecule has 2 aromatic carbocycles. The molecule has 104 valence electrons. The van der Waals surface area contributed by atoms with Gasteiger partial charge < -0.3 is 5.32 Å². The molecule has 0 atom stereocenters. The normalized spacial score (nSPS) is 10.6. The minimum absolute atomic E-state index is 0.238. The van der Waals surface area contributed by atoms with Gasteiger partial charge in [-0.2, -0.15) is 0 Å². The number of nitrogens with zero attached hydrogens (tertiary/aromatic N) is 1. The van der Waals surface area contributed by atoms with E-state index in [-0.39, 0.29) is 5.91 Å². The third-order valence-corrected chi connectivity index (χ3v) is 3.79. The highest BCUT2D eigenvalue weighted by molar-refractivity contribution is 6.42. The summed E-state index contributed by atoms with van der Waals surface area (Å²) in [4.78, 5) is 16.7. The summed E-state index contributed by atoms with van der Waals surface area (Å²) in [6.07, 6.45) is 1.66. The van der Waals surface area contributed by atoms with Gasteiger partial charge in [-0.05, 0) is 30.3 Å². The molecule has 0 unspecified atom stereocenters. The zero-order valence-electron chi connectivity index (χ0n) is 10.8. The number of rotatable bonds is 2. The van der Waals surface area contributed by atoms with Gasteiger partial charge in [0.05, 0.1) is 21.1 Å². The summed E-state index contributed by atoms with van der Waals surface area (Å²) in [5, 5.41) is 4.55. The predicted molar refractivity (Wildman–Crippen MR) is 86.2 cm³/mol. The number of carbonyl (C=O) groups excluding carboxylic acids is 1. The number of amides is 1. The van der Waals surface area contributed by atoms with Crippen molar-refractivity contribution >= 4 is 45.7 Å². The van der Waals surface area contributed by atoms with E-state index in [2.05, 4.69) is 10.3 Å². The van der Waals surface area contributed by atoms with E-state index in [1.54, 1.807) is 30.5 Å². The van der Waals surface area contributed by atoms with Crippen molar-refractivity contribution in [3.05, 3.63) is 70.3 Å². The molecule has 0 bridgehead atoms. The van der Waals surface area contributed by atoms with Gasteiger partial charge >= 0.3 is 0 Å². The van der Waals surface area contributed by atoms with Crippen molar-refractivity contribution < 1.29 is 4.79 Å². The van der Waals surface area contributed by atoms with Crippen molar-refractivity contribution in [2.75, 3.05) is 5.32 Å². The Morgan fingerprint density at radius 3 is 2.62 bits per heavy atom. The Morgan fingerprint density at radius 2 is 1.81 bits per heavy atom. The van der Waals surface area contributed by atoms with Gasteiger partial charge in [-0.25, -0.2) is 0 Å². The zero-order chi connectivity index (χ0) is 14.8. The van der Waals surface area contributed by atoms with E-state index in [1.807, 2.05) is 24.3 Å². The summed E-state index contributed by atoms with van der Waals surface area (Å²) in [5.41, 5.74) is 1.76. The number of hydrogen-bond acceptors (Lipinski definition) is 2. The molecule has 1 heterocycles. The number of fused-ring (bicyclic) bond motifs is 1. The molecule has 0 aliphatic heterocycles. The van der Waals surface area contributed by atoms with E-state index < -0.39 is 0 Å². The second kappa shape index (κ2) is 5.72. The Kier molecular flexibility index (Phi) is 3.78. The summed E-state index contributed by atoms with van der Waals surface area (Å²) in [7, 11) is 0. The number of hydrogen-bond donors (Lipinski definition) is 1. The van der Waals surface area contributed by atoms with Gasteiger partial charge in [0, 0.05) is 17.3 Å². The zero-order valence-corrected chi connectivity index (χ0v) is 12.3. The number of nitrogens with one attached hydrogen (secondary N) is 1. The monoisotopic (exact) mass is 316 g/mol. The molecular formula is C16H10Cl2N2O. The maximum atomic E-state index is 12.4. The van der Waals surface area contributed by atoms with Crippen molar-refractivity contribution in [3.63, 3.8) is 0 Å². The second-order valence-corrected chi connectivity index (χ2v) is 5.28. The molecule has 3 aromatic rings. The molecular weight excluding hydrogens is 307 g/mol. The Morgan fingerprint density at radius 1 is 1.00 bits per heavy atom. The van der Waals surface area contributed by atoms with Crippen LogP contribution < -0.4 is 5.32 Å². The molecule has 0 spiro atoms. The molecule has 1 N–H and O–H groups in total. The van der Waals surface area contributed by atoms with Crippen LogP contribution in [0.1, 0.15) is 10.4 Å². The first-order valence-electron chi connectivity index (χ1n) is 6.25. The SMILES string of the molecule is O=C(Nc1ccc(Cl)c(Cl)c1)c1cccc2cccnc12. The van der Waals surface area contributed by atoms with Crippen LogP contribution in [-0.2, 0) is 0 Å². The standard InChI is InChI=1S/C16H10Cl2N2O/c17-13-7-6-11(9-14(13)18)20-16(21)12-5-1-3-10-4-2-8-19-15(10)12/h1-9H,(H,20,21). The predicted octanol–water partition coefficient (Wildman–Crippen LogP) is 4.79. The van der Waals surface area contributed by atoms with Gasteiger partial charge in [0.25, 0.3) is 5.91 Å². The van der Waals surface area contributed by atoms with E-state index in [1.165, 1.54) is 0 Å². The number of anilines is 1. The quantitative estimate of drug-likeness (QED) is 0.738. The third kappa shape index (κ3) is 2.84. The van der Waals surface area contributed by atoms with E-state index in [0.717, 1.165) is 5.39 Å². The van der Waals surface area contributed by atoms with Crippen molar-refractivity contribution in [3.8, 4) is 0 Å². The number of halogens is 2. The third-order valence-electron chi connectivity index (χ3n) is 3.05. The van der Waals surface area contributed by atoms with Crippen LogP contribution in [0.4, 0.5) is 5.69 Å². The second-order valence-electron chi connectivity index (χ2n) is 4.46. The van der Waals surface area contributed by atoms with Crippen LogP contribution in [0.25, 0.3) is 10.9 Å². The highest BCUT2D eigenvalue weighted by Crippen LogP contribution is 2.25. The fourth-order valence-corrected chi connectivity index (χ4v) is 2.36. The summed E-state index contributed by atoms with van der Waals surface area (Å²) >= 11 is 11.8. The Labute approximate surface area is 131 Å². The Hall–Kier alpha value is -2.10. The summed E-state index contributed by atoms with van der Waals surface area (Å²) in [6.45, 7) is 0. The van der Waals surface area contributed by atoms with E-state index >= 15 is 0 Å². The number of aromatic nitrogens is 1. The smallest absolute Gasteiger partial charge is 0.257 e. The van der Waals surface area contributed by atoms with Crippen LogP contribution in [0, 0.1) is 0 Å². The fraction of sp³-hybridized carbons (Fsp3) is 0. The lowest BCUT2D eigenvalue weighted by Gasteiger charge is -2.08. The first kappa shape index (κ1) is 13.9.